The van der Waals surface area contributed by atoms with Gasteiger partial charge in [-0.2, -0.15) is 5.10 Å². The summed E-state index contributed by atoms with van der Waals surface area (Å²) in [6.45, 7) is 0. The summed E-state index contributed by atoms with van der Waals surface area (Å²) in [6, 6.07) is 6.93. The minimum absolute atomic E-state index is 0.119. The number of nitrogens with zero attached hydrogens (tertiary/aromatic N) is 2. The average Bonchev–Trinajstić information content (AvgIpc) is 3.10. The Hall–Kier alpha value is -3.55. The van der Waals surface area contributed by atoms with E-state index in [0.29, 0.717) is 16.6 Å². The monoisotopic (exact) mass is 402 g/mol. The lowest BCUT2D eigenvalue weighted by Gasteiger charge is -2.12. The molecular weight excluding hydrogens is 388 g/mol. The van der Waals surface area contributed by atoms with Crippen molar-refractivity contribution in [1.82, 2.24) is 9.61 Å². The SMILES string of the molecule is COc1c(F)cc(F)cc1-c1ccn2ncc(-c3cc(F)cc(F)c3OC)c2c1. The summed E-state index contributed by atoms with van der Waals surface area (Å²) in [5.74, 6) is -3.49. The zero-order valence-electron chi connectivity index (χ0n) is 15.3. The van der Waals surface area contributed by atoms with Crippen LogP contribution in [0.4, 0.5) is 17.6 Å². The lowest BCUT2D eigenvalue weighted by Crippen LogP contribution is -1.96. The van der Waals surface area contributed by atoms with Crippen molar-refractivity contribution in [3.63, 3.8) is 0 Å². The molecule has 0 unspecified atom stereocenters. The predicted molar refractivity (Wildman–Crippen MR) is 99.0 cm³/mol. The summed E-state index contributed by atoms with van der Waals surface area (Å²) in [6.07, 6.45) is 3.00. The van der Waals surface area contributed by atoms with Crippen LogP contribution >= 0.6 is 0 Å². The molecule has 2 aromatic carbocycles. The maximum atomic E-state index is 14.1. The first-order valence-electron chi connectivity index (χ1n) is 8.47. The number of halogens is 4. The molecule has 0 atom stereocenters. The fourth-order valence-corrected chi connectivity index (χ4v) is 3.31. The third kappa shape index (κ3) is 3.16. The Bertz CT molecular complexity index is 1240. The van der Waals surface area contributed by atoms with Crippen LogP contribution in [0.15, 0.2) is 48.8 Å². The molecule has 2 heterocycles. The summed E-state index contributed by atoms with van der Waals surface area (Å²) in [5, 5.41) is 4.18. The van der Waals surface area contributed by atoms with Crippen LogP contribution in [0.5, 0.6) is 11.5 Å². The Labute approximate surface area is 162 Å². The highest BCUT2D eigenvalue weighted by Gasteiger charge is 2.19. The van der Waals surface area contributed by atoms with Crippen molar-refractivity contribution in [1.29, 1.82) is 0 Å². The highest BCUT2D eigenvalue weighted by Crippen LogP contribution is 2.38. The van der Waals surface area contributed by atoms with Gasteiger partial charge in [0.05, 0.1) is 25.9 Å². The molecule has 0 bridgehead atoms. The molecular formula is C21H14F4N2O2. The number of ether oxygens (including phenoxy) is 2. The zero-order valence-corrected chi connectivity index (χ0v) is 15.3. The van der Waals surface area contributed by atoms with Gasteiger partial charge in [-0.1, -0.05) is 0 Å². The number of rotatable bonds is 4. The molecule has 0 saturated carbocycles. The number of pyridine rings is 1. The number of hydrogen-bond donors (Lipinski definition) is 0. The highest BCUT2D eigenvalue weighted by atomic mass is 19.1. The molecule has 148 valence electrons. The first-order valence-corrected chi connectivity index (χ1v) is 8.47. The van der Waals surface area contributed by atoms with Crippen molar-refractivity contribution in [3.05, 3.63) is 72.1 Å². The first-order chi connectivity index (χ1) is 13.9. The van der Waals surface area contributed by atoms with E-state index in [4.69, 9.17) is 9.47 Å². The lowest BCUT2D eigenvalue weighted by atomic mass is 10.0. The molecule has 0 radical (unpaired) electrons. The van der Waals surface area contributed by atoms with Crippen molar-refractivity contribution >= 4 is 5.52 Å². The molecule has 0 amide bonds. The normalized spacial score (nSPS) is 11.1. The number of benzene rings is 2. The molecule has 0 aliphatic carbocycles. The number of methoxy groups -OCH3 is 2. The van der Waals surface area contributed by atoms with E-state index in [1.807, 2.05) is 0 Å². The van der Waals surface area contributed by atoms with Crippen LogP contribution in [0.2, 0.25) is 0 Å². The zero-order chi connectivity index (χ0) is 20.7. The van der Waals surface area contributed by atoms with Gasteiger partial charge in [0.15, 0.2) is 23.1 Å². The summed E-state index contributed by atoms with van der Waals surface area (Å²) in [4.78, 5) is 0. The number of fused-ring (bicyclic) bond motifs is 1. The molecule has 0 fully saturated rings. The van der Waals surface area contributed by atoms with Crippen LogP contribution in [0.3, 0.4) is 0 Å². The quantitative estimate of drug-likeness (QED) is 0.438. The smallest absolute Gasteiger partial charge is 0.168 e. The van der Waals surface area contributed by atoms with Crippen molar-refractivity contribution in [2.75, 3.05) is 14.2 Å². The van der Waals surface area contributed by atoms with Gasteiger partial charge in [-0.25, -0.2) is 22.1 Å². The van der Waals surface area contributed by atoms with Crippen LogP contribution in [-0.2, 0) is 0 Å². The van der Waals surface area contributed by atoms with E-state index in [9.17, 15) is 17.6 Å². The Morgan fingerprint density at radius 1 is 0.759 bits per heavy atom. The maximum absolute atomic E-state index is 14.1. The predicted octanol–water partition coefficient (Wildman–Crippen LogP) is 5.24. The van der Waals surface area contributed by atoms with Gasteiger partial charge in [0.25, 0.3) is 0 Å². The van der Waals surface area contributed by atoms with Crippen molar-refractivity contribution in [3.8, 4) is 33.8 Å². The minimum Gasteiger partial charge on any atom is -0.493 e. The van der Waals surface area contributed by atoms with Gasteiger partial charge in [-0.3, -0.25) is 0 Å². The third-order valence-corrected chi connectivity index (χ3v) is 4.55. The Balaban J connectivity index is 1.97. The van der Waals surface area contributed by atoms with Crippen molar-refractivity contribution in [2.45, 2.75) is 0 Å². The van der Waals surface area contributed by atoms with Crippen LogP contribution in [-0.4, -0.2) is 23.8 Å². The Morgan fingerprint density at radius 2 is 1.34 bits per heavy atom. The van der Waals surface area contributed by atoms with E-state index in [2.05, 4.69) is 5.10 Å². The molecule has 0 spiro atoms. The van der Waals surface area contributed by atoms with Crippen molar-refractivity contribution < 1.29 is 27.0 Å². The van der Waals surface area contributed by atoms with Crippen LogP contribution < -0.4 is 9.47 Å². The van der Waals surface area contributed by atoms with Crippen molar-refractivity contribution in [2.24, 2.45) is 0 Å². The molecule has 4 rings (SSSR count). The summed E-state index contributed by atoms with van der Waals surface area (Å²) < 4.78 is 67.5. The molecule has 29 heavy (non-hydrogen) atoms. The maximum Gasteiger partial charge on any atom is 0.168 e. The van der Waals surface area contributed by atoms with E-state index in [1.165, 1.54) is 24.9 Å². The number of aromatic nitrogens is 2. The fraction of sp³-hybridized carbons (Fsp3) is 0.0952. The second kappa shape index (κ2) is 7.12. The second-order valence-electron chi connectivity index (χ2n) is 6.24. The van der Waals surface area contributed by atoms with E-state index < -0.39 is 23.3 Å². The van der Waals surface area contributed by atoms with Gasteiger partial charge in [-0.15, -0.1) is 0 Å². The van der Waals surface area contributed by atoms with Crippen LogP contribution in [0.25, 0.3) is 27.8 Å². The van der Waals surface area contributed by atoms with Crippen LogP contribution in [0.1, 0.15) is 0 Å². The lowest BCUT2D eigenvalue weighted by molar-refractivity contribution is 0.386. The molecule has 4 nitrogen and oxygen atoms in total. The third-order valence-electron chi connectivity index (χ3n) is 4.55. The Morgan fingerprint density at radius 3 is 1.97 bits per heavy atom. The topological polar surface area (TPSA) is 35.8 Å². The fourth-order valence-electron chi connectivity index (χ4n) is 3.31. The molecule has 0 aliphatic rings. The largest absolute Gasteiger partial charge is 0.493 e. The summed E-state index contributed by atoms with van der Waals surface area (Å²) in [7, 11) is 2.56. The molecule has 0 N–H and O–H groups in total. The van der Waals surface area contributed by atoms with Gasteiger partial charge < -0.3 is 9.47 Å². The van der Waals surface area contributed by atoms with Crippen LogP contribution in [0, 0.1) is 23.3 Å². The highest BCUT2D eigenvalue weighted by molar-refractivity contribution is 5.86. The van der Waals surface area contributed by atoms with Gasteiger partial charge in [0.2, 0.25) is 0 Å². The number of hydrogen-bond acceptors (Lipinski definition) is 3. The van der Waals surface area contributed by atoms with Gasteiger partial charge in [-0.05, 0) is 29.8 Å². The Kier molecular flexibility index (Phi) is 4.62. The standard InChI is InChI=1S/C21H14F4N2O2/c1-28-20-14(6-12(22)8-17(20)24)11-3-4-27-19(5-11)16(10-26-27)15-7-13(23)9-18(25)21(15)29-2/h3-10H,1-2H3. The van der Waals surface area contributed by atoms with Gasteiger partial charge in [0, 0.05) is 35.0 Å². The molecule has 4 aromatic rings. The van der Waals surface area contributed by atoms with E-state index >= 15 is 0 Å². The molecule has 0 saturated heterocycles. The molecule has 2 aromatic heterocycles. The van der Waals surface area contributed by atoms with Gasteiger partial charge >= 0.3 is 0 Å². The summed E-state index contributed by atoms with van der Waals surface area (Å²) in [5.41, 5.74) is 1.63. The second-order valence-corrected chi connectivity index (χ2v) is 6.24. The average molecular weight is 402 g/mol. The molecule has 0 aliphatic heterocycles. The minimum atomic E-state index is -0.855. The van der Waals surface area contributed by atoms with E-state index in [-0.39, 0.29) is 22.6 Å². The summed E-state index contributed by atoms with van der Waals surface area (Å²) >= 11 is 0. The first kappa shape index (κ1) is 18.8. The van der Waals surface area contributed by atoms with E-state index in [1.54, 1.807) is 18.3 Å². The van der Waals surface area contributed by atoms with E-state index in [0.717, 1.165) is 24.3 Å². The molecule has 8 heteroatoms. The van der Waals surface area contributed by atoms with Gasteiger partial charge in [0.1, 0.15) is 11.6 Å².